The summed E-state index contributed by atoms with van der Waals surface area (Å²) in [5, 5.41) is 13.1. The van der Waals surface area contributed by atoms with Crippen molar-refractivity contribution in [3.05, 3.63) is 47.0 Å². The molecule has 0 bridgehead atoms. The van der Waals surface area contributed by atoms with Crippen LogP contribution in [0, 0.1) is 20.8 Å². The van der Waals surface area contributed by atoms with Gasteiger partial charge < -0.3 is 15.4 Å². The molecule has 0 aliphatic heterocycles. The van der Waals surface area contributed by atoms with Crippen LogP contribution < -0.4 is 5.32 Å². The molecular weight excluding hydrogens is 250 g/mol. The quantitative estimate of drug-likeness (QED) is 0.659. The largest absolute Gasteiger partial charge is 0.506 e. The van der Waals surface area contributed by atoms with Crippen molar-refractivity contribution in [1.82, 2.24) is 9.97 Å². The molecule has 0 atom stereocenters. The normalized spacial score (nSPS) is 10.9. The lowest BCUT2D eigenvalue weighted by molar-refractivity contribution is 0.480. The van der Waals surface area contributed by atoms with Crippen LogP contribution in [0.25, 0.3) is 11.0 Å². The van der Waals surface area contributed by atoms with E-state index < -0.39 is 0 Å². The number of hydrogen-bond acceptors (Lipinski definition) is 3. The number of phenolic OH excluding ortho intramolecular Hbond substituents is 1. The van der Waals surface area contributed by atoms with Crippen molar-refractivity contribution in [3.63, 3.8) is 0 Å². The zero-order valence-corrected chi connectivity index (χ0v) is 11.8. The first kappa shape index (κ1) is 12.5. The summed E-state index contributed by atoms with van der Waals surface area (Å²) < 4.78 is 0. The number of nitrogens with one attached hydrogen (secondary N) is 2. The smallest absolute Gasteiger partial charge is 0.205 e. The summed E-state index contributed by atoms with van der Waals surface area (Å²) in [5.41, 5.74) is 6.04. The monoisotopic (exact) mass is 267 g/mol. The Labute approximate surface area is 117 Å². The minimum Gasteiger partial charge on any atom is -0.506 e. The molecule has 0 unspecified atom stereocenters. The third-order valence-corrected chi connectivity index (χ3v) is 3.41. The molecule has 0 saturated heterocycles. The van der Waals surface area contributed by atoms with E-state index in [1.165, 1.54) is 16.7 Å². The Morgan fingerprint density at radius 2 is 1.80 bits per heavy atom. The van der Waals surface area contributed by atoms with Crippen LogP contribution in [0.4, 0.5) is 11.6 Å². The molecular formula is C16H17N3O. The summed E-state index contributed by atoms with van der Waals surface area (Å²) in [6.07, 6.45) is 0. The van der Waals surface area contributed by atoms with Crippen LogP contribution in [-0.2, 0) is 0 Å². The lowest BCUT2D eigenvalue weighted by atomic mass is 10.1. The van der Waals surface area contributed by atoms with Gasteiger partial charge in [0.2, 0.25) is 5.95 Å². The number of phenols is 1. The molecule has 3 N–H and O–H groups in total. The molecule has 20 heavy (non-hydrogen) atoms. The highest BCUT2D eigenvalue weighted by Crippen LogP contribution is 2.28. The highest BCUT2D eigenvalue weighted by atomic mass is 16.3. The van der Waals surface area contributed by atoms with E-state index in [1.54, 1.807) is 12.1 Å². The van der Waals surface area contributed by atoms with E-state index in [1.807, 2.05) is 6.07 Å². The van der Waals surface area contributed by atoms with Crippen molar-refractivity contribution in [3.8, 4) is 5.75 Å². The average Bonchev–Trinajstić information content (AvgIpc) is 2.78. The van der Waals surface area contributed by atoms with Gasteiger partial charge in [0, 0.05) is 5.69 Å². The number of aromatic amines is 1. The maximum absolute atomic E-state index is 9.79. The van der Waals surface area contributed by atoms with Gasteiger partial charge >= 0.3 is 0 Å². The number of para-hydroxylation sites is 1. The number of anilines is 2. The number of hydrogen-bond donors (Lipinski definition) is 3. The van der Waals surface area contributed by atoms with Gasteiger partial charge in [0.25, 0.3) is 0 Å². The van der Waals surface area contributed by atoms with Crippen LogP contribution in [0.1, 0.15) is 16.7 Å². The Hall–Kier alpha value is -2.49. The third kappa shape index (κ3) is 2.09. The fourth-order valence-electron chi connectivity index (χ4n) is 2.57. The summed E-state index contributed by atoms with van der Waals surface area (Å²) in [6.45, 7) is 6.23. The Bertz CT molecular complexity index is 767. The zero-order valence-electron chi connectivity index (χ0n) is 11.8. The molecule has 4 nitrogen and oxygen atoms in total. The van der Waals surface area contributed by atoms with Crippen molar-refractivity contribution in [1.29, 1.82) is 0 Å². The average molecular weight is 267 g/mol. The topological polar surface area (TPSA) is 60.9 Å². The van der Waals surface area contributed by atoms with Gasteiger partial charge in [0.1, 0.15) is 11.3 Å². The Morgan fingerprint density at radius 1 is 1.10 bits per heavy atom. The van der Waals surface area contributed by atoms with E-state index in [4.69, 9.17) is 0 Å². The summed E-state index contributed by atoms with van der Waals surface area (Å²) in [5.74, 6) is 0.820. The molecule has 4 heteroatoms. The molecule has 3 rings (SSSR count). The molecule has 2 aromatic carbocycles. The number of nitrogens with zero attached hydrogens (tertiary/aromatic N) is 1. The van der Waals surface area contributed by atoms with E-state index in [-0.39, 0.29) is 5.75 Å². The fourth-order valence-corrected chi connectivity index (χ4v) is 2.57. The molecule has 0 amide bonds. The summed E-state index contributed by atoms with van der Waals surface area (Å²) >= 11 is 0. The van der Waals surface area contributed by atoms with Crippen molar-refractivity contribution in [2.45, 2.75) is 20.8 Å². The lowest BCUT2D eigenvalue weighted by Gasteiger charge is -2.11. The van der Waals surface area contributed by atoms with E-state index in [2.05, 4.69) is 48.2 Å². The number of aryl methyl sites for hydroxylation is 3. The number of aromatic nitrogens is 2. The van der Waals surface area contributed by atoms with Crippen molar-refractivity contribution >= 4 is 22.7 Å². The molecule has 0 aliphatic carbocycles. The van der Waals surface area contributed by atoms with Gasteiger partial charge in [0.15, 0.2) is 0 Å². The van der Waals surface area contributed by atoms with E-state index >= 15 is 0 Å². The van der Waals surface area contributed by atoms with Gasteiger partial charge in [-0.05, 0) is 44.0 Å². The Kier molecular flexibility index (Phi) is 2.86. The molecule has 0 aliphatic rings. The van der Waals surface area contributed by atoms with Gasteiger partial charge in [-0.2, -0.15) is 0 Å². The first-order chi connectivity index (χ1) is 9.54. The minimum absolute atomic E-state index is 0.184. The number of aromatic hydroxyl groups is 1. The van der Waals surface area contributed by atoms with E-state index in [9.17, 15) is 5.11 Å². The lowest BCUT2D eigenvalue weighted by Crippen LogP contribution is -1.98. The van der Waals surface area contributed by atoms with E-state index in [0.717, 1.165) is 11.2 Å². The molecule has 1 heterocycles. The van der Waals surface area contributed by atoms with Gasteiger partial charge in [-0.1, -0.05) is 23.8 Å². The molecule has 1 aromatic heterocycles. The van der Waals surface area contributed by atoms with E-state index in [0.29, 0.717) is 11.5 Å². The molecule has 0 spiro atoms. The van der Waals surface area contributed by atoms with Gasteiger partial charge in [-0.3, -0.25) is 0 Å². The van der Waals surface area contributed by atoms with Crippen LogP contribution >= 0.6 is 0 Å². The summed E-state index contributed by atoms with van der Waals surface area (Å²) in [6, 6.07) is 9.59. The number of rotatable bonds is 2. The van der Waals surface area contributed by atoms with Crippen LogP contribution in [0.2, 0.25) is 0 Å². The Balaban J connectivity index is 2.04. The van der Waals surface area contributed by atoms with Crippen molar-refractivity contribution < 1.29 is 5.11 Å². The standard InChI is InChI=1S/C16H17N3O/c1-9-7-10(2)14(11(3)8-9)18-16-17-12-5-4-6-13(20)15(12)19-16/h4-8,20H,1-3H3,(H2,17,18,19). The van der Waals surface area contributed by atoms with Crippen LogP contribution in [0.5, 0.6) is 5.75 Å². The first-order valence-corrected chi connectivity index (χ1v) is 6.57. The molecule has 0 radical (unpaired) electrons. The van der Waals surface area contributed by atoms with Crippen LogP contribution in [0.15, 0.2) is 30.3 Å². The highest BCUT2D eigenvalue weighted by molar-refractivity contribution is 5.84. The summed E-state index contributed by atoms with van der Waals surface area (Å²) in [7, 11) is 0. The number of imidazole rings is 1. The predicted octanol–water partition coefficient (Wildman–Crippen LogP) is 3.94. The minimum atomic E-state index is 0.184. The van der Waals surface area contributed by atoms with Crippen molar-refractivity contribution in [2.75, 3.05) is 5.32 Å². The second kappa shape index (κ2) is 4.56. The SMILES string of the molecule is Cc1cc(C)c(Nc2nc3c(O)cccc3[nH]2)c(C)c1. The van der Waals surface area contributed by atoms with Crippen LogP contribution in [0.3, 0.4) is 0 Å². The zero-order chi connectivity index (χ0) is 14.3. The molecule has 102 valence electrons. The maximum Gasteiger partial charge on any atom is 0.205 e. The van der Waals surface area contributed by atoms with Gasteiger partial charge in [-0.15, -0.1) is 0 Å². The second-order valence-electron chi connectivity index (χ2n) is 5.16. The highest BCUT2D eigenvalue weighted by Gasteiger charge is 2.09. The Morgan fingerprint density at radius 3 is 2.45 bits per heavy atom. The first-order valence-electron chi connectivity index (χ1n) is 6.57. The number of H-pyrrole nitrogens is 1. The third-order valence-electron chi connectivity index (χ3n) is 3.41. The number of benzene rings is 2. The molecule has 3 aromatic rings. The number of fused-ring (bicyclic) bond motifs is 1. The van der Waals surface area contributed by atoms with Gasteiger partial charge in [0.05, 0.1) is 5.52 Å². The van der Waals surface area contributed by atoms with Gasteiger partial charge in [-0.25, -0.2) is 4.98 Å². The molecule has 0 saturated carbocycles. The maximum atomic E-state index is 9.79. The second-order valence-corrected chi connectivity index (χ2v) is 5.16. The van der Waals surface area contributed by atoms with Crippen molar-refractivity contribution in [2.24, 2.45) is 0 Å². The fraction of sp³-hybridized carbons (Fsp3) is 0.188. The predicted molar refractivity (Wildman–Crippen MR) is 81.7 cm³/mol. The molecule has 0 fully saturated rings. The van der Waals surface area contributed by atoms with Crippen LogP contribution in [-0.4, -0.2) is 15.1 Å². The summed E-state index contributed by atoms with van der Waals surface area (Å²) in [4.78, 5) is 7.57.